The number of likely N-dealkylation sites (N-methyl/N-ethyl adjacent to an activating group) is 1. The summed E-state index contributed by atoms with van der Waals surface area (Å²) in [6.07, 6.45) is 4.45. The second-order valence-electron chi connectivity index (χ2n) is 9.01. The first-order valence-electron chi connectivity index (χ1n) is 11.8. The molecule has 0 spiro atoms. The maximum Gasteiger partial charge on any atom is 0.238 e. The Hall–Kier alpha value is -2.33. The highest BCUT2D eigenvalue weighted by molar-refractivity contribution is 7.91. The van der Waals surface area contributed by atoms with E-state index in [4.69, 9.17) is 9.47 Å². The maximum absolute atomic E-state index is 13.3. The Balaban J connectivity index is 1.37. The van der Waals surface area contributed by atoms with Gasteiger partial charge in [-0.25, -0.2) is 8.42 Å². The number of sulfone groups is 1. The smallest absolute Gasteiger partial charge is 0.238 e. The molecule has 1 N–H and O–H groups in total. The van der Waals surface area contributed by atoms with E-state index in [1.54, 1.807) is 23.1 Å². The van der Waals surface area contributed by atoms with E-state index >= 15 is 0 Å². The molecule has 1 aromatic rings. The number of carbonyl (C=O) groups excluding carboxylic acids is 2. The third kappa shape index (κ3) is 5.97. The number of hydrogen-bond donors (Lipinski definition) is 1. The fourth-order valence-corrected chi connectivity index (χ4v) is 6.67. The highest BCUT2D eigenvalue weighted by Crippen LogP contribution is 2.32. The van der Waals surface area contributed by atoms with E-state index in [-0.39, 0.29) is 48.5 Å². The first-order chi connectivity index (χ1) is 15.8. The summed E-state index contributed by atoms with van der Waals surface area (Å²) in [5.74, 6) is 1.13. The summed E-state index contributed by atoms with van der Waals surface area (Å²) in [5, 5.41) is 2.86. The van der Waals surface area contributed by atoms with Crippen molar-refractivity contribution in [1.82, 2.24) is 9.80 Å². The van der Waals surface area contributed by atoms with Crippen LogP contribution in [-0.4, -0.2) is 86.5 Å². The third-order valence-electron chi connectivity index (χ3n) is 6.61. The van der Waals surface area contributed by atoms with E-state index < -0.39 is 9.84 Å². The average Bonchev–Trinajstić information content (AvgIpc) is 3.43. The molecule has 0 radical (unpaired) electrons. The van der Waals surface area contributed by atoms with E-state index in [1.165, 1.54) is 0 Å². The van der Waals surface area contributed by atoms with Crippen LogP contribution in [0.25, 0.3) is 0 Å². The van der Waals surface area contributed by atoms with Crippen LogP contribution in [-0.2, 0) is 19.4 Å². The second-order valence-corrected chi connectivity index (χ2v) is 11.2. The zero-order valence-corrected chi connectivity index (χ0v) is 19.9. The SMILES string of the molecule is CCN(CC(=O)Nc1ccc2c(c1)OCCO2)CC(=O)N(C1CCCC1)C1CCS(=O)(=O)C1. The van der Waals surface area contributed by atoms with Crippen molar-refractivity contribution in [3.8, 4) is 11.5 Å². The molecule has 0 aromatic heterocycles. The minimum absolute atomic E-state index is 0.0476. The molecule has 182 valence electrons. The summed E-state index contributed by atoms with van der Waals surface area (Å²) in [5.41, 5.74) is 0.607. The molecule has 1 atom stereocenters. The number of anilines is 1. The monoisotopic (exact) mass is 479 g/mol. The van der Waals surface area contributed by atoms with Crippen molar-refractivity contribution < 1.29 is 27.5 Å². The molecular formula is C23H33N3O6S. The summed E-state index contributed by atoms with van der Waals surface area (Å²) in [4.78, 5) is 29.6. The molecule has 2 amide bonds. The molecular weight excluding hydrogens is 446 g/mol. The van der Waals surface area contributed by atoms with E-state index in [1.807, 2.05) is 11.8 Å². The summed E-state index contributed by atoms with van der Waals surface area (Å²) in [6, 6.07) is 5.10. The van der Waals surface area contributed by atoms with Gasteiger partial charge in [0.15, 0.2) is 21.3 Å². The molecule has 2 aliphatic heterocycles. The van der Waals surface area contributed by atoms with Crippen LogP contribution in [0.2, 0.25) is 0 Å². The lowest BCUT2D eigenvalue weighted by atomic mass is 10.1. The van der Waals surface area contributed by atoms with Gasteiger partial charge in [-0.05, 0) is 37.9 Å². The number of nitrogens with zero attached hydrogens (tertiary/aromatic N) is 2. The lowest BCUT2D eigenvalue weighted by molar-refractivity contribution is -0.137. The van der Waals surface area contributed by atoms with Crippen molar-refractivity contribution in [2.45, 2.75) is 51.1 Å². The summed E-state index contributed by atoms with van der Waals surface area (Å²) in [7, 11) is -3.09. The predicted molar refractivity (Wildman–Crippen MR) is 124 cm³/mol. The van der Waals surface area contributed by atoms with Crippen molar-refractivity contribution in [1.29, 1.82) is 0 Å². The van der Waals surface area contributed by atoms with Crippen molar-refractivity contribution >= 4 is 27.3 Å². The number of ether oxygens (including phenoxy) is 2. The van der Waals surface area contributed by atoms with Crippen LogP contribution in [0.1, 0.15) is 39.0 Å². The molecule has 1 saturated heterocycles. The largest absolute Gasteiger partial charge is 0.486 e. The molecule has 1 aromatic carbocycles. The van der Waals surface area contributed by atoms with Crippen LogP contribution in [0, 0.1) is 0 Å². The Morgan fingerprint density at radius 3 is 2.42 bits per heavy atom. The van der Waals surface area contributed by atoms with Gasteiger partial charge in [0, 0.05) is 23.8 Å². The van der Waals surface area contributed by atoms with E-state index in [9.17, 15) is 18.0 Å². The highest BCUT2D eigenvalue weighted by Gasteiger charge is 2.39. The topological polar surface area (TPSA) is 105 Å². The minimum atomic E-state index is -3.09. The van der Waals surface area contributed by atoms with E-state index in [2.05, 4.69) is 5.32 Å². The van der Waals surface area contributed by atoms with Crippen LogP contribution in [0.15, 0.2) is 18.2 Å². The van der Waals surface area contributed by atoms with Gasteiger partial charge in [-0.15, -0.1) is 0 Å². The van der Waals surface area contributed by atoms with Gasteiger partial charge < -0.3 is 19.7 Å². The molecule has 33 heavy (non-hydrogen) atoms. The lowest BCUT2D eigenvalue weighted by Gasteiger charge is -2.35. The van der Waals surface area contributed by atoms with Gasteiger partial charge in [0.1, 0.15) is 13.2 Å². The quantitative estimate of drug-likeness (QED) is 0.605. The average molecular weight is 480 g/mol. The molecule has 3 aliphatic rings. The number of rotatable bonds is 8. The minimum Gasteiger partial charge on any atom is -0.486 e. The Kier molecular flexibility index (Phi) is 7.43. The van der Waals surface area contributed by atoms with Gasteiger partial charge in [-0.1, -0.05) is 19.8 Å². The molecule has 0 bridgehead atoms. The molecule has 1 aliphatic carbocycles. The van der Waals surface area contributed by atoms with Crippen LogP contribution in [0.5, 0.6) is 11.5 Å². The first-order valence-corrected chi connectivity index (χ1v) is 13.6. The molecule has 1 saturated carbocycles. The van der Waals surface area contributed by atoms with Crippen molar-refractivity contribution in [2.75, 3.05) is 49.7 Å². The standard InChI is InChI=1S/C23H33N3O6S/c1-2-25(14-22(27)24-17-7-8-20-21(13-17)32-11-10-31-20)15-23(28)26(18-5-3-4-6-18)19-9-12-33(29,30)16-19/h7-8,13,18-19H,2-6,9-12,14-16H2,1H3,(H,24,27). The fraction of sp³-hybridized carbons (Fsp3) is 0.652. The number of hydrogen-bond acceptors (Lipinski definition) is 7. The summed E-state index contributed by atoms with van der Waals surface area (Å²) < 4.78 is 35.2. The number of carbonyl (C=O) groups is 2. The van der Waals surface area contributed by atoms with Crippen molar-refractivity contribution in [2.24, 2.45) is 0 Å². The van der Waals surface area contributed by atoms with Gasteiger partial charge in [-0.3, -0.25) is 14.5 Å². The molecule has 4 rings (SSSR count). The normalized spacial score (nSPS) is 21.8. The van der Waals surface area contributed by atoms with E-state index in [0.29, 0.717) is 43.4 Å². The zero-order valence-electron chi connectivity index (χ0n) is 19.1. The number of fused-ring (bicyclic) bond motifs is 1. The zero-order chi connectivity index (χ0) is 23.4. The molecule has 2 fully saturated rings. The summed E-state index contributed by atoms with van der Waals surface area (Å²) in [6.45, 7) is 3.57. The Labute approximate surface area is 195 Å². The lowest BCUT2D eigenvalue weighted by Crippen LogP contribution is -2.51. The number of amides is 2. The van der Waals surface area contributed by atoms with Crippen LogP contribution in [0.3, 0.4) is 0 Å². The molecule has 2 heterocycles. The third-order valence-corrected chi connectivity index (χ3v) is 8.36. The van der Waals surface area contributed by atoms with Gasteiger partial charge in [-0.2, -0.15) is 0 Å². The summed E-state index contributed by atoms with van der Waals surface area (Å²) >= 11 is 0. The van der Waals surface area contributed by atoms with Gasteiger partial charge >= 0.3 is 0 Å². The van der Waals surface area contributed by atoms with Crippen LogP contribution < -0.4 is 14.8 Å². The highest BCUT2D eigenvalue weighted by atomic mass is 32.2. The van der Waals surface area contributed by atoms with Crippen molar-refractivity contribution in [3.05, 3.63) is 18.2 Å². The number of benzene rings is 1. The Morgan fingerprint density at radius 1 is 1.03 bits per heavy atom. The van der Waals surface area contributed by atoms with Crippen LogP contribution >= 0.6 is 0 Å². The fourth-order valence-electron chi connectivity index (χ4n) is 4.96. The van der Waals surface area contributed by atoms with Gasteiger partial charge in [0.05, 0.1) is 24.6 Å². The van der Waals surface area contributed by atoms with Crippen molar-refractivity contribution in [3.63, 3.8) is 0 Å². The molecule has 1 unspecified atom stereocenters. The predicted octanol–water partition coefficient (Wildman–Crippen LogP) is 1.68. The Bertz CT molecular complexity index is 976. The van der Waals surface area contributed by atoms with E-state index in [0.717, 1.165) is 25.7 Å². The Morgan fingerprint density at radius 2 is 1.76 bits per heavy atom. The van der Waals surface area contributed by atoms with Gasteiger partial charge in [0.25, 0.3) is 0 Å². The second kappa shape index (κ2) is 10.3. The van der Waals surface area contributed by atoms with Crippen LogP contribution in [0.4, 0.5) is 5.69 Å². The number of nitrogens with one attached hydrogen (secondary N) is 1. The first kappa shape index (κ1) is 23.8. The maximum atomic E-state index is 13.3. The van der Waals surface area contributed by atoms with Gasteiger partial charge in [0.2, 0.25) is 11.8 Å². The molecule has 9 nitrogen and oxygen atoms in total. The molecule has 10 heteroatoms.